The lowest BCUT2D eigenvalue weighted by Gasteiger charge is -2.38. The zero-order valence-electron chi connectivity index (χ0n) is 17.3. The van der Waals surface area contributed by atoms with Gasteiger partial charge in [0.05, 0.1) is 23.9 Å². The van der Waals surface area contributed by atoms with Crippen molar-refractivity contribution in [1.82, 2.24) is 20.0 Å². The van der Waals surface area contributed by atoms with Crippen LogP contribution in [0, 0.1) is 5.92 Å². The van der Waals surface area contributed by atoms with E-state index >= 15 is 0 Å². The molecule has 7 nitrogen and oxygen atoms in total. The second kappa shape index (κ2) is 9.15. The number of allylic oxidation sites excluding steroid dienone is 1. The van der Waals surface area contributed by atoms with Crippen molar-refractivity contribution in [3.8, 4) is 5.75 Å². The zero-order valence-corrected chi connectivity index (χ0v) is 17.3. The van der Waals surface area contributed by atoms with Gasteiger partial charge in [0.15, 0.2) is 0 Å². The van der Waals surface area contributed by atoms with Gasteiger partial charge in [-0.3, -0.25) is 14.3 Å². The largest absolute Gasteiger partial charge is 0.492 e. The number of amides is 2. The number of ether oxygens (including phenoxy) is 1. The van der Waals surface area contributed by atoms with E-state index < -0.39 is 0 Å². The molecular formula is C23H28N4O3. The molecule has 1 saturated heterocycles. The molecule has 1 N–H and O–H groups in total. The fourth-order valence-electron chi connectivity index (χ4n) is 4.13. The first-order valence-corrected chi connectivity index (χ1v) is 10.6. The number of hydrogen-bond donors (Lipinski definition) is 1. The minimum Gasteiger partial charge on any atom is -0.492 e. The van der Waals surface area contributed by atoms with Crippen LogP contribution in [-0.4, -0.2) is 52.2 Å². The molecule has 2 aliphatic heterocycles. The smallest absolute Gasteiger partial charge is 0.257 e. The Labute approximate surface area is 176 Å². The van der Waals surface area contributed by atoms with Crippen molar-refractivity contribution >= 4 is 11.8 Å². The molecule has 4 rings (SSSR count). The van der Waals surface area contributed by atoms with Gasteiger partial charge in [-0.15, -0.1) is 0 Å². The SMILES string of the molecule is CCn1cc(C(=O)N2CC[C@H]3NC(=O)c4ccccc4OCC/C=C/C[C@H]3C2)cn1. The lowest BCUT2D eigenvalue weighted by Crippen LogP contribution is -2.52. The quantitative estimate of drug-likeness (QED) is 0.776. The van der Waals surface area contributed by atoms with Gasteiger partial charge in [0.1, 0.15) is 5.75 Å². The Bertz CT molecular complexity index is 936. The van der Waals surface area contributed by atoms with Crippen LogP contribution in [0.3, 0.4) is 0 Å². The maximum Gasteiger partial charge on any atom is 0.257 e. The van der Waals surface area contributed by atoms with Crippen LogP contribution in [0.5, 0.6) is 5.75 Å². The molecule has 0 saturated carbocycles. The highest BCUT2D eigenvalue weighted by molar-refractivity contribution is 5.97. The van der Waals surface area contributed by atoms with E-state index in [-0.39, 0.29) is 23.8 Å². The molecule has 1 aromatic heterocycles. The molecule has 0 spiro atoms. The molecule has 2 aromatic rings. The maximum atomic E-state index is 13.0. The number of rotatable bonds is 2. The molecule has 0 aliphatic carbocycles. The van der Waals surface area contributed by atoms with Crippen LogP contribution in [-0.2, 0) is 6.54 Å². The average molecular weight is 409 g/mol. The molecule has 3 heterocycles. The second-order valence-electron chi connectivity index (χ2n) is 7.80. The summed E-state index contributed by atoms with van der Waals surface area (Å²) in [5.41, 5.74) is 1.18. The Morgan fingerprint density at radius 2 is 2.17 bits per heavy atom. The minimum absolute atomic E-state index is 0.00770. The van der Waals surface area contributed by atoms with E-state index in [0.717, 1.165) is 25.8 Å². The van der Waals surface area contributed by atoms with Crippen molar-refractivity contribution in [2.45, 2.75) is 38.8 Å². The van der Waals surface area contributed by atoms with E-state index in [1.54, 1.807) is 23.1 Å². The Morgan fingerprint density at radius 3 is 3.00 bits per heavy atom. The standard InChI is InChI=1S/C23H28N4O3/c1-2-27-16-18(14-24-27)23(29)26-12-11-20-17(15-26)8-4-3-7-13-30-21-10-6-5-9-19(21)22(28)25-20/h3-6,9-10,14,16-17,20H,2,7-8,11-13,15H2,1H3,(H,25,28)/b4-3+/t17-,20+/m0/s1. The Kier molecular flexibility index (Phi) is 6.16. The molecule has 0 bridgehead atoms. The molecule has 2 atom stereocenters. The van der Waals surface area contributed by atoms with Crippen LogP contribution in [0.4, 0.5) is 0 Å². The summed E-state index contributed by atoms with van der Waals surface area (Å²) >= 11 is 0. The number of carbonyl (C=O) groups excluding carboxylic acids is 2. The van der Waals surface area contributed by atoms with Gasteiger partial charge < -0.3 is 15.0 Å². The molecular weight excluding hydrogens is 380 g/mol. The number of aryl methyl sites for hydroxylation is 1. The van der Waals surface area contributed by atoms with Crippen LogP contribution < -0.4 is 10.1 Å². The summed E-state index contributed by atoms with van der Waals surface area (Å²) < 4.78 is 7.56. The van der Waals surface area contributed by atoms with E-state index in [4.69, 9.17) is 4.74 Å². The van der Waals surface area contributed by atoms with Crippen LogP contribution in [0.2, 0.25) is 0 Å². The Balaban J connectivity index is 1.51. The average Bonchev–Trinajstić information content (AvgIpc) is 3.25. The number of likely N-dealkylation sites (tertiary alicyclic amines) is 1. The summed E-state index contributed by atoms with van der Waals surface area (Å²) in [5, 5.41) is 7.42. The van der Waals surface area contributed by atoms with Crippen molar-refractivity contribution in [2.75, 3.05) is 19.7 Å². The predicted octanol–water partition coefficient (Wildman–Crippen LogP) is 2.89. The molecule has 2 amide bonds. The minimum atomic E-state index is -0.117. The number of para-hydroxylation sites is 1. The molecule has 0 unspecified atom stereocenters. The van der Waals surface area contributed by atoms with Gasteiger partial charge >= 0.3 is 0 Å². The molecule has 30 heavy (non-hydrogen) atoms. The van der Waals surface area contributed by atoms with E-state index in [2.05, 4.69) is 22.6 Å². The summed E-state index contributed by atoms with van der Waals surface area (Å²) in [7, 11) is 0. The van der Waals surface area contributed by atoms with E-state index in [9.17, 15) is 9.59 Å². The normalized spacial score (nSPS) is 23.1. The van der Waals surface area contributed by atoms with E-state index in [1.165, 1.54) is 0 Å². The number of piperidine rings is 1. The van der Waals surface area contributed by atoms with Crippen molar-refractivity contribution in [1.29, 1.82) is 0 Å². The fourth-order valence-corrected chi connectivity index (χ4v) is 4.13. The highest BCUT2D eigenvalue weighted by Gasteiger charge is 2.33. The van der Waals surface area contributed by atoms with Crippen LogP contribution in [0.25, 0.3) is 0 Å². The van der Waals surface area contributed by atoms with Crippen LogP contribution >= 0.6 is 0 Å². The Morgan fingerprint density at radius 1 is 1.30 bits per heavy atom. The summed E-state index contributed by atoms with van der Waals surface area (Å²) in [6.45, 7) is 4.49. The van der Waals surface area contributed by atoms with Gasteiger partial charge in [-0.25, -0.2) is 0 Å². The number of carbonyl (C=O) groups is 2. The molecule has 7 heteroatoms. The third-order valence-corrected chi connectivity index (χ3v) is 5.82. The number of aromatic nitrogens is 2. The van der Waals surface area contributed by atoms with Crippen LogP contribution in [0.1, 0.15) is 46.9 Å². The Hall–Kier alpha value is -3.09. The summed E-state index contributed by atoms with van der Waals surface area (Å²) in [4.78, 5) is 27.8. The van der Waals surface area contributed by atoms with E-state index in [0.29, 0.717) is 36.6 Å². The van der Waals surface area contributed by atoms with Gasteiger partial charge in [0.2, 0.25) is 0 Å². The molecule has 1 aromatic carbocycles. The predicted molar refractivity (Wildman–Crippen MR) is 113 cm³/mol. The second-order valence-corrected chi connectivity index (χ2v) is 7.80. The lowest BCUT2D eigenvalue weighted by atomic mass is 9.88. The number of hydrogen-bond acceptors (Lipinski definition) is 4. The summed E-state index contributed by atoms with van der Waals surface area (Å²) in [6, 6.07) is 7.37. The van der Waals surface area contributed by atoms with Gasteiger partial charge in [0.25, 0.3) is 11.8 Å². The highest BCUT2D eigenvalue weighted by atomic mass is 16.5. The number of benzene rings is 1. The van der Waals surface area contributed by atoms with Gasteiger partial charge in [-0.2, -0.15) is 5.10 Å². The highest BCUT2D eigenvalue weighted by Crippen LogP contribution is 2.25. The molecule has 1 fully saturated rings. The van der Waals surface area contributed by atoms with Crippen molar-refractivity contribution in [2.24, 2.45) is 5.92 Å². The zero-order chi connectivity index (χ0) is 20.9. The van der Waals surface area contributed by atoms with Crippen molar-refractivity contribution in [3.63, 3.8) is 0 Å². The first-order valence-electron chi connectivity index (χ1n) is 10.6. The molecule has 158 valence electrons. The molecule has 2 aliphatic rings. The first kappa shape index (κ1) is 20.2. The van der Waals surface area contributed by atoms with Crippen molar-refractivity contribution in [3.05, 3.63) is 59.9 Å². The summed E-state index contributed by atoms with van der Waals surface area (Å²) in [5.74, 6) is 0.667. The third-order valence-electron chi connectivity index (χ3n) is 5.82. The lowest BCUT2D eigenvalue weighted by molar-refractivity contribution is 0.0619. The van der Waals surface area contributed by atoms with Gasteiger partial charge in [0, 0.05) is 37.8 Å². The van der Waals surface area contributed by atoms with Crippen molar-refractivity contribution < 1.29 is 14.3 Å². The number of fused-ring (bicyclic) bond motifs is 2. The first-order chi connectivity index (χ1) is 14.7. The maximum absolute atomic E-state index is 13.0. The molecule has 0 radical (unpaired) electrons. The fraction of sp³-hybridized carbons (Fsp3) is 0.435. The van der Waals surface area contributed by atoms with Gasteiger partial charge in [-0.05, 0) is 38.3 Å². The topological polar surface area (TPSA) is 76.5 Å². The van der Waals surface area contributed by atoms with Crippen LogP contribution in [0.15, 0.2) is 48.8 Å². The summed E-state index contributed by atoms with van der Waals surface area (Å²) in [6.07, 6.45) is 10.0. The third kappa shape index (κ3) is 4.40. The van der Waals surface area contributed by atoms with Gasteiger partial charge in [-0.1, -0.05) is 24.3 Å². The number of nitrogens with one attached hydrogen (secondary N) is 1. The monoisotopic (exact) mass is 408 g/mol. The van der Waals surface area contributed by atoms with E-state index in [1.807, 2.05) is 30.0 Å². The number of nitrogens with zero attached hydrogens (tertiary/aromatic N) is 3.